The number of likely N-dealkylation sites (tertiary alicyclic amines) is 1. The number of benzene rings is 1. The van der Waals surface area contributed by atoms with Crippen LogP contribution in [0.15, 0.2) is 24.3 Å². The van der Waals surface area contributed by atoms with Gasteiger partial charge in [0.05, 0.1) is 16.1 Å². The molecule has 0 aliphatic carbocycles. The summed E-state index contributed by atoms with van der Waals surface area (Å²) in [6.07, 6.45) is 0.427. The Bertz CT molecular complexity index is 865. The van der Waals surface area contributed by atoms with Gasteiger partial charge in [-0.15, -0.1) is 0 Å². The number of rotatable bonds is 3. The smallest absolute Gasteiger partial charge is 0.311 e. The molecule has 2 heterocycles. The molecule has 0 spiro atoms. The highest BCUT2D eigenvalue weighted by Crippen LogP contribution is 2.31. The third kappa shape index (κ3) is 3.24. The van der Waals surface area contributed by atoms with Crippen molar-refractivity contribution >= 4 is 35.1 Å². The van der Waals surface area contributed by atoms with Crippen LogP contribution in [0, 0.1) is 12.3 Å². The third-order valence-electron chi connectivity index (χ3n) is 4.52. The molecular weight excluding hydrogens is 365 g/mol. The lowest BCUT2D eigenvalue weighted by atomic mass is 9.90. The Labute approximate surface area is 154 Å². The van der Waals surface area contributed by atoms with Gasteiger partial charge in [-0.1, -0.05) is 23.2 Å². The van der Waals surface area contributed by atoms with Gasteiger partial charge in [-0.25, -0.2) is 4.68 Å². The molecule has 1 amide bonds. The van der Waals surface area contributed by atoms with Crippen LogP contribution in [0.25, 0.3) is 5.69 Å². The van der Waals surface area contributed by atoms with Crippen molar-refractivity contribution in [1.82, 2.24) is 14.7 Å². The second-order valence-corrected chi connectivity index (χ2v) is 7.36. The number of carboxylic acids is 1. The molecular formula is C17H17Cl2N3O3. The molecule has 1 aliphatic heterocycles. The largest absolute Gasteiger partial charge is 0.481 e. The molecule has 3 rings (SSSR count). The van der Waals surface area contributed by atoms with E-state index in [0.29, 0.717) is 28.7 Å². The third-order valence-corrected chi connectivity index (χ3v) is 5.06. The molecule has 1 aromatic carbocycles. The summed E-state index contributed by atoms with van der Waals surface area (Å²) < 4.78 is 1.58. The highest BCUT2D eigenvalue weighted by Gasteiger charge is 2.42. The Balaban J connectivity index is 1.88. The van der Waals surface area contributed by atoms with E-state index in [9.17, 15) is 14.7 Å². The zero-order valence-corrected chi connectivity index (χ0v) is 15.3. The van der Waals surface area contributed by atoms with Crippen molar-refractivity contribution in [3.63, 3.8) is 0 Å². The minimum absolute atomic E-state index is 0.175. The van der Waals surface area contributed by atoms with E-state index in [4.69, 9.17) is 23.2 Å². The van der Waals surface area contributed by atoms with E-state index < -0.39 is 11.4 Å². The van der Waals surface area contributed by atoms with Crippen LogP contribution < -0.4 is 0 Å². The second kappa shape index (κ2) is 6.35. The predicted molar refractivity (Wildman–Crippen MR) is 94.6 cm³/mol. The van der Waals surface area contributed by atoms with E-state index in [1.54, 1.807) is 35.9 Å². The van der Waals surface area contributed by atoms with Crippen LogP contribution in [0.4, 0.5) is 0 Å². The lowest BCUT2D eigenvalue weighted by Crippen LogP contribution is -2.35. The summed E-state index contributed by atoms with van der Waals surface area (Å²) in [5.41, 5.74) is 0.720. The predicted octanol–water partition coefficient (Wildman–Crippen LogP) is 3.42. The molecule has 1 fully saturated rings. The Morgan fingerprint density at radius 3 is 2.60 bits per heavy atom. The summed E-state index contributed by atoms with van der Waals surface area (Å²) in [5.74, 6) is -1.17. The molecule has 2 aromatic rings. The molecule has 132 valence electrons. The van der Waals surface area contributed by atoms with Gasteiger partial charge in [0.2, 0.25) is 0 Å². The monoisotopic (exact) mass is 381 g/mol. The van der Waals surface area contributed by atoms with E-state index in [0.717, 1.165) is 5.69 Å². The van der Waals surface area contributed by atoms with Crippen LogP contribution in [0.5, 0.6) is 0 Å². The molecule has 8 heteroatoms. The van der Waals surface area contributed by atoms with E-state index in [-0.39, 0.29) is 18.1 Å². The minimum Gasteiger partial charge on any atom is -0.481 e. The van der Waals surface area contributed by atoms with Gasteiger partial charge in [0.1, 0.15) is 0 Å². The fourth-order valence-corrected chi connectivity index (χ4v) is 3.44. The number of hydrogen-bond donors (Lipinski definition) is 1. The van der Waals surface area contributed by atoms with Crippen molar-refractivity contribution in [2.45, 2.75) is 20.3 Å². The number of aliphatic carboxylic acids is 1. The van der Waals surface area contributed by atoms with Crippen LogP contribution in [0.3, 0.4) is 0 Å². The van der Waals surface area contributed by atoms with Gasteiger partial charge in [-0.3, -0.25) is 9.59 Å². The molecule has 1 atom stereocenters. The van der Waals surface area contributed by atoms with Crippen molar-refractivity contribution in [3.05, 3.63) is 45.7 Å². The summed E-state index contributed by atoms with van der Waals surface area (Å²) in [6, 6.07) is 6.71. The Morgan fingerprint density at radius 2 is 2.00 bits per heavy atom. The average Bonchev–Trinajstić information content (AvgIpc) is 3.11. The molecule has 1 aromatic heterocycles. The zero-order valence-electron chi connectivity index (χ0n) is 13.8. The first-order chi connectivity index (χ1) is 11.7. The molecule has 1 N–H and O–H groups in total. The maximum Gasteiger partial charge on any atom is 0.311 e. The summed E-state index contributed by atoms with van der Waals surface area (Å²) in [6.45, 7) is 4.05. The number of nitrogens with zero attached hydrogens (tertiary/aromatic N) is 3. The number of aromatic nitrogens is 2. The van der Waals surface area contributed by atoms with Crippen molar-refractivity contribution in [2.75, 3.05) is 13.1 Å². The van der Waals surface area contributed by atoms with Crippen LogP contribution >= 0.6 is 23.2 Å². The molecule has 1 aliphatic rings. The molecule has 1 saturated heterocycles. The quantitative estimate of drug-likeness (QED) is 0.883. The normalized spacial score (nSPS) is 20.1. The van der Waals surface area contributed by atoms with Gasteiger partial charge >= 0.3 is 5.97 Å². The maximum absolute atomic E-state index is 12.7. The van der Waals surface area contributed by atoms with Crippen molar-refractivity contribution in [3.8, 4) is 5.69 Å². The topological polar surface area (TPSA) is 75.4 Å². The number of carbonyl (C=O) groups excluding carboxylic acids is 1. The van der Waals surface area contributed by atoms with E-state index in [1.165, 1.54) is 4.90 Å². The van der Waals surface area contributed by atoms with Crippen LogP contribution in [0.1, 0.15) is 29.5 Å². The Hall–Kier alpha value is -2.05. The van der Waals surface area contributed by atoms with Gasteiger partial charge in [-0.05, 0) is 44.5 Å². The molecule has 0 radical (unpaired) electrons. The van der Waals surface area contributed by atoms with E-state index in [1.807, 2.05) is 6.92 Å². The standard InChI is InChI=1S/C17H17Cl2N3O3/c1-10-7-13(15(23)21-6-5-17(2,9-21)16(24)25)20-22(10)14-4-3-11(18)8-12(14)19/h3-4,7-8H,5-6,9H2,1-2H3,(H,24,25). The first kappa shape index (κ1) is 17.8. The maximum atomic E-state index is 12.7. The molecule has 25 heavy (non-hydrogen) atoms. The number of amides is 1. The van der Waals surface area contributed by atoms with Crippen LogP contribution in [-0.4, -0.2) is 44.8 Å². The SMILES string of the molecule is Cc1cc(C(=O)N2CCC(C)(C(=O)O)C2)nn1-c1ccc(Cl)cc1Cl. The van der Waals surface area contributed by atoms with Crippen LogP contribution in [0.2, 0.25) is 10.0 Å². The Morgan fingerprint density at radius 1 is 1.28 bits per heavy atom. The number of aryl methyl sites for hydroxylation is 1. The summed E-state index contributed by atoms with van der Waals surface area (Å²) in [4.78, 5) is 25.6. The number of halogens is 2. The molecule has 0 saturated carbocycles. The summed E-state index contributed by atoms with van der Waals surface area (Å²) >= 11 is 12.1. The van der Waals surface area contributed by atoms with Gasteiger partial charge in [0.25, 0.3) is 5.91 Å². The molecule has 6 nitrogen and oxygen atoms in total. The van der Waals surface area contributed by atoms with Gasteiger partial charge in [0, 0.05) is 23.8 Å². The molecule has 0 bridgehead atoms. The summed E-state index contributed by atoms with van der Waals surface area (Å²) in [7, 11) is 0. The first-order valence-corrected chi connectivity index (χ1v) is 8.52. The fourth-order valence-electron chi connectivity index (χ4n) is 2.95. The number of carbonyl (C=O) groups is 2. The highest BCUT2D eigenvalue weighted by atomic mass is 35.5. The number of carboxylic acid groups (broad SMARTS) is 1. The van der Waals surface area contributed by atoms with Gasteiger partial charge in [-0.2, -0.15) is 5.10 Å². The zero-order chi connectivity index (χ0) is 18.4. The van der Waals surface area contributed by atoms with E-state index in [2.05, 4.69) is 5.10 Å². The number of hydrogen-bond acceptors (Lipinski definition) is 3. The minimum atomic E-state index is -0.910. The van der Waals surface area contributed by atoms with Crippen molar-refractivity contribution < 1.29 is 14.7 Å². The second-order valence-electron chi connectivity index (χ2n) is 6.52. The Kier molecular flexibility index (Phi) is 4.51. The lowest BCUT2D eigenvalue weighted by Gasteiger charge is -2.19. The van der Waals surface area contributed by atoms with Crippen LogP contribution in [-0.2, 0) is 4.79 Å². The van der Waals surface area contributed by atoms with Gasteiger partial charge in [0.15, 0.2) is 5.69 Å². The lowest BCUT2D eigenvalue weighted by molar-refractivity contribution is -0.147. The highest BCUT2D eigenvalue weighted by molar-refractivity contribution is 6.35. The average molecular weight is 382 g/mol. The van der Waals surface area contributed by atoms with Crippen molar-refractivity contribution in [1.29, 1.82) is 0 Å². The van der Waals surface area contributed by atoms with Crippen molar-refractivity contribution in [2.24, 2.45) is 5.41 Å². The molecule has 1 unspecified atom stereocenters. The van der Waals surface area contributed by atoms with E-state index >= 15 is 0 Å². The fraction of sp³-hybridized carbons (Fsp3) is 0.353. The van der Waals surface area contributed by atoms with Gasteiger partial charge < -0.3 is 10.0 Å². The first-order valence-electron chi connectivity index (χ1n) is 7.76. The summed E-state index contributed by atoms with van der Waals surface area (Å²) in [5, 5.41) is 14.6.